The van der Waals surface area contributed by atoms with Gasteiger partial charge in [0.05, 0.1) is 20.1 Å². The van der Waals surface area contributed by atoms with Gasteiger partial charge in [0.1, 0.15) is 5.82 Å². The lowest BCUT2D eigenvalue weighted by atomic mass is 10.4. The third kappa shape index (κ3) is 4.16. The van der Waals surface area contributed by atoms with Crippen molar-refractivity contribution >= 4 is 11.8 Å². The van der Waals surface area contributed by atoms with Gasteiger partial charge in [0, 0.05) is 12.6 Å². The molecule has 1 aromatic rings. The lowest BCUT2D eigenvalue weighted by Gasteiger charge is -2.06. The van der Waals surface area contributed by atoms with E-state index in [-0.39, 0.29) is 5.97 Å². The predicted molar refractivity (Wildman–Crippen MR) is 60.5 cm³/mol. The fourth-order valence-electron chi connectivity index (χ4n) is 1.15. The maximum absolute atomic E-state index is 11.0. The second-order valence-corrected chi connectivity index (χ2v) is 3.05. The molecule has 0 spiro atoms. The molecule has 1 N–H and O–H groups in total. The first-order valence-corrected chi connectivity index (χ1v) is 5.16. The Morgan fingerprint density at radius 1 is 1.50 bits per heavy atom. The molecule has 0 aliphatic rings. The molecule has 1 aromatic heterocycles. The highest BCUT2D eigenvalue weighted by Crippen LogP contribution is 2.10. The van der Waals surface area contributed by atoms with Crippen molar-refractivity contribution in [2.24, 2.45) is 0 Å². The van der Waals surface area contributed by atoms with Gasteiger partial charge in [-0.25, -0.2) is 0 Å². The van der Waals surface area contributed by atoms with Gasteiger partial charge < -0.3 is 14.8 Å². The van der Waals surface area contributed by atoms with E-state index in [2.05, 4.69) is 10.3 Å². The van der Waals surface area contributed by atoms with Crippen molar-refractivity contribution in [1.82, 2.24) is 4.98 Å². The van der Waals surface area contributed by atoms with Crippen molar-refractivity contribution in [1.29, 1.82) is 0 Å². The van der Waals surface area contributed by atoms with Crippen LogP contribution in [0.25, 0.3) is 0 Å². The molecule has 1 heterocycles. The molecule has 0 atom stereocenters. The van der Waals surface area contributed by atoms with Crippen LogP contribution in [0.5, 0.6) is 5.88 Å². The van der Waals surface area contributed by atoms with Gasteiger partial charge in [-0.3, -0.25) is 4.79 Å². The number of esters is 1. The van der Waals surface area contributed by atoms with Crippen molar-refractivity contribution < 1.29 is 14.3 Å². The van der Waals surface area contributed by atoms with E-state index in [1.54, 1.807) is 20.1 Å². The smallest absolute Gasteiger partial charge is 0.307 e. The Labute approximate surface area is 94.8 Å². The Balaban J connectivity index is 2.34. The zero-order valence-corrected chi connectivity index (χ0v) is 9.53. The number of pyridine rings is 1. The van der Waals surface area contributed by atoms with E-state index in [9.17, 15) is 4.79 Å². The minimum Gasteiger partial charge on any atom is -0.481 e. The summed E-state index contributed by atoms with van der Waals surface area (Å²) in [6, 6.07) is 5.41. The van der Waals surface area contributed by atoms with Gasteiger partial charge in [-0.15, -0.1) is 0 Å². The average molecular weight is 224 g/mol. The minimum absolute atomic E-state index is 0.210. The molecule has 5 nitrogen and oxygen atoms in total. The number of aromatic nitrogens is 1. The van der Waals surface area contributed by atoms with Crippen LogP contribution in [0.1, 0.15) is 13.3 Å². The summed E-state index contributed by atoms with van der Waals surface area (Å²) < 4.78 is 9.78. The van der Waals surface area contributed by atoms with Crippen LogP contribution in [-0.4, -0.2) is 31.2 Å². The average Bonchev–Trinajstić information content (AvgIpc) is 2.30. The Morgan fingerprint density at radius 3 is 3.00 bits per heavy atom. The molecular weight excluding hydrogens is 208 g/mol. The Bertz CT molecular complexity index is 342. The molecule has 0 amide bonds. The van der Waals surface area contributed by atoms with Crippen molar-refractivity contribution in [2.45, 2.75) is 13.3 Å². The molecule has 0 aliphatic heterocycles. The summed E-state index contributed by atoms with van der Waals surface area (Å²) in [5.74, 6) is 1.02. The van der Waals surface area contributed by atoms with Crippen LogP contribution in [0.3, 0.4) is 0 Å². The maximum Gasteiger partial charge on any atom is 0.307 e. The number of carbonyl (C=O) groups is 1. The van der Waals surface area contributed by atoms with Gasteiger partial charge in [0.2, 0.25) is 5.88 Å². The summed E-state index contributed by atoms with van der Waals surface area (Å²) in [5, 5.41) is 3.02. The number of carbonyl (C=O) groups excluding carboxylic acids is 1. The third-order valence-corrected chi connectivity index (χ3v) is 1.87. The number of hydrogen-bond acceptors (Lipinski definition) is 5. The van der Waals surface area contributed by atoms with Gasteiger partial charge in [0.25, 0.3) is 0 Å². The van der Waals surface area contributed by atoms with E-state index < -0.39 is 0 Å². The topological polar surface area (TPSA) is 60.5 Å². The highest BCUT2D eigenvalue weighted by atomic mass is 16.5. The van der Waals surface area contributed by atoms with Crippen LogP contribution in [0.4, 0.5) is 5.82 Å². The number of hydrogen-bond donors (Lipinski definition) is 1. The van der Waals surface area contributed by atoms with E-state index in [0.717, 1.165) is 0 Å². The summed E-state index contributed by atoms with van der Waals surface area (Å²) in [6.45, 7) is 2.70. The highest BCUT2D eigenvalue weighted by molar-refractivity contribution is 5.69. The van der Waals surface area contributed by atoms with Crippen LogP contribution in [0.15, 0.2) is 18.2 Å². The lowest BCUT2D eigenvalue weighted by molar-refractivity contribution is -0.142. The molecule has 0 aliphatic carbocycles. The predicted octanol–water partition coefficient (Wildman–Crippen LogP) is 1.46. The summed E-state index contributed by atoms with van der Waals surface area (Å²) in [5.41, 5.74) is 0. The van der Waals surface area contributed by atoms with Gasteiger partial charge in [0.15, 0.2) is 0 Å². The van der Waals surface area contributed by atoms with Gasteiger partial charge in [-0.05, 0) is 13.0 Å². The number of rotatable bonds is 6. The quantitative estimate of drug-likeness (QED) is 0.741. The second kappa shape index (κ2) is 6.66. The zero-order valence-electron chi connectivity index (χ0n) is 9.53. The molecule has 0 saturated heterocycles. The number of nitrogens with zero attached hydrogens (tertiary/aromatic N) is 1. The van der Waals surface area contributed by atoms with E-state index in [1.165, 1.54) is 0 Å². The van der Waals surface area contributed by atoms with Crippen molar-refractivity contribution in [2.75, 3.05) is 25.6 Å². The van der Waals surface area contributed by atoms with Crippen molar-refractivity contribution in [3.05, 3.63) is 18.2 Å². The molecule has 1 rings (SSSR count). The molecule has 16 heavy (non-hydrogen) atoms. The maximum atomic E-state index is 11.0. The molecule has 5 heteroatoms. The zero-order chi connectivity index (χ0) is 11.8. The number of methoxy groups -OCH3 is 1. The lowest BCUT2D eigenvalue weighted by Crippen LogP contribution is -2.11. The first-order valence-electron chi connectivity index (χ1n) is 5.16. The fourth-order valence-corrected chi connectivity index (χ4v) is 1.15. The summed E-state index contributed by atoms with van der Waals surface area (Å²) in [4.78, 5) is 15.2. The Morgan fingerprint density at radius 2 is 2.31 bits per heavy atom. The van der Waals surface area contributed by atoms with Gasteiger partial charge in [-0.1, -0.05) is 6.07 Å². The Kier molecular flexibility index (Phi) is 5.11. The summed E-state index contributed by atoms with van der Waals surface area (Å²) in [7, 11) is 1.56. The molecule has 0 saturated carbocycles. The summed E-state index contributed by atoms with van der Waals surface area (Å²) in [6.07, 6.45) is 0.326. The van der Waals surface area contributed by atoms with E-state index in [4.69, 9.17) is 9.47 Å². The first kappa shape index (κ1) is 12.3. The van der Waals surface area contributed by atoms with Crippen LogP contribution < -0.4 is 10.1 Å². The van der Waals surface area contributed by atoms with Crippen molar-refractivity contribution in [3.8, 4) is 5.88 Å². The van der Waals surface area contributed by atoms with Crippen molar-refractivity contribution in [3.63, 3.8) is 0 Å². The van der Waals surface area contributed by atoms with Gasteiger partial charge >= 0.3 is 5.97 Å². The highest BCUT2D eigenvalue weighted by Gasteiger charge is 2.01. The first-order chi connectivity index (χ1) is 7.76. The van der Waals surface area contributed by atoms with Gasteiger partial charge in [-0.2, -0.15) is 4.98 Å². The standard InChI is InChI=1S/C11H16N2O3/c1-3-16-11(14)7-8-12-9-5-4-6-10(13-9)15-2/h4-6H,3,7-8H2,1-2H3,(H,12,13). The minimum atomic E-state index is -0.210. The normalized spacial score (nSPS) is 9.62. The van der Waals surface area contributed by atoms with Crippen LogP contribution in [-0.2, 0) is 9.53 Å². The molecule has 0 bridgehead atoms. The molecule has 0 aromatic carbocycles. The van der Waals surface area contributed by atoms with Crippen LogP contribution >= 0.6 is 0 Å². The second-order valence-electron chi connectivity index (χ2n) is 3.05. The van der Waals surface area contributed by atoms with Crippen LogP contribution in [0, 0.1) is 0 Å². The monoisotopic (exact) mass is 224 g/mol. The number of ether oxygens (including phenoxy) is 2. The van der Waals surface area contributed by atoms with E-state index >= 15 is 0 Å². The summed E-state index contributed by atoms with van der Waals surface area (Å²) >= 11 is 0. The molecule has 0 radical (unpaired) electrons. The number of nitrogens with one attached hydrogen (secondary N) is 1. The molecule has 88 valence electrons. The molecular formula is C11H16N2O3. The van der Waals surface area contributed by atoms with E-state index in [0.29, 0.717) is 31.3 Å². The van der Waals surface area contributed by atoms with Crippen LogP contribution in [0.2, 0.25) is 0 Å². The Hall–Kier alpha value is -1.78. The largest absolute Gasteiger partial charge is 0.481 e. The SMILES string of the molecule is CCOC(=O)CCNc1cccc(OC)n1. The third-order valence-electron chi connectivity index (χ3n) is 1.87. The number of anilines is 1. The van der Waals surface area contributed by atoms with E-state index in [1.807, 2.05) is 12.1 Å². The molecule has 0 fully saturated rings. The fraction of sp³-hybridized carbons (Fsp3) is 0.455. The molecule has 0 unspecified atom stereocenters.